The van der Waals surface area contributed by atoms with E-state index in [1.54, 1.807) is 0 Å². The molecule has 1 saturated heterocycles. The fourth-order valence-corrected chi connectivity index (χ4v) is 3.66. The Bertz CT molecular complexity index is 876. The van der Waals surface area contributed by atoms with Gasteiger partial charge in [0.1, 0.15) is 5.75 Å². The van der Waals surface area contributed by atoms with E-state index in [2.05, 4.69) is 33.2 Å². The van der Waals surface area contributed by atoms with Crippen molar-refractivity contribution in [3.05, 3.63) is 63.0 Å². The summed E-state index contributed by atoms with van der Waals surface area (Å²) in [6, 6.07) is 13.7. The number of carbonyl (C=O) groups excluding carboxylic acids is 1. The lowest BCUT2D eigenvalue weighted by molar-refractivity contribution is -0.115. The molecule has 0 atom stereocenters. The van der Waals surface area contributed by atoms with Gasteiger partial charge in [0.05, 0.1) is 21.7 Å². The van der Waals surface area contributed by atoms with E-state index < -0.39 is 0 Å². The SMILES string of the molecule is CCCOc1ccc(/C=C2\SC(=Nc3ccc(C)cc3)NC2=O)cc1Br. The molecule has 0 saturated carbocycles. The van der Waals surface area contributed by atoms with Gasteiger partial charge in [-0.3, -0.25) is 4.79 Å². The van der Waals surface area contributed by atoms with Crippen LogP contribution in [0.3, 0.4) is 0 Å². The molecule has 0 aliphatic carbocycles. The quantitative estimate of drug-likeness (QED) is 0.642. The first-order valence-electron chi connectivity index (χ1n) is 8.34. The van der Waals surface area contributed by atoms with Crippen LogP contribution in [0.25, 0.3) is 6.08 Å². The van der Waals surface area contributed by atoms with Crippen molar-refractivity contribution in [2.24, 2.45) is 4.99 Å². The molecule has 1 heterocycles. The maximum atomic E-state index is 12.2. The molecule has 1 N–H and O–H groups in total. The Morgan fingerprint density at radius 3 is 2.69 bits per heavy atom. The lowest BCUT2D eigenvalue weighted by Gasteiger charge is -2.07. The summed E-state index contributed by atoms with van der Waals surface area (Å²) in [6.45, 7) is 4.77. The highest BCUT2D eigenvalue weighted by Crippen LogP contribution is 2.31. The highest BCUT2D eigenvalue weighted by atomic mass is 79.9. The Morgan fingerprint density at radius 2 is 2.00 bits per heavy atom. The molecule has 26 heavy (non-hydrogen) atoms. The molecule has 6 heteroatoms. The predicted octanol–water partition coefficient (Wildman–Crippen LogP) is 5.44. The van der Waals surface area contributed by atoms with Gasteiger partial charge in [-0.2, -0.15) is 0 Å². The highest BCUT2D eigenvalue weighted by Gasteiger charge is 2.23. The van der Waals surface area contributed by atoms with Crippen LogP contribution >= 0.6 is 27.7 Å². The number of thioether (sulfide) groups is 1. The maximum absolute atomic E-state index is 12.2. The number of carbonyl (C=O) groups is 1. The second-order valence-electron chi connectivity index (χ2n) is 5.86. The van der Waals surface area contributed by atoms with Gasteiger partial charge in [-0.1, -0.05) is 30.7 Å². The highest BCUT2D eigenvalue weighted by molar-refractivity contribution is 9.10. The monoisotopic (exact) mass is 430 g/mol. The summed E-state index contributed by atoms with van der Waals surface area (Å²) >= 11 is 4.86. The second kappa shape index (κ2) is 8.56. The fourth-order valence-electron chi connectivity index (χ4n) is 2.30. The van der Waals surface area contributed by atoms with Gasteiger partial charge in [-0.25, -0.2) is 4.99 Å². The zero-order valence-electron chi connectivity index (χ0n) is 14.6. The van der Waals surface area contributed by atoms with Crippen LogP contribution in [0, 0.1) is 6.92 Å². The van der Waals surface area contributed by atoms with Crippen LogP contribution in [0.2, 0.25) is 0 Å². The first-order valence-corrected chi connectivity index (χ1v) is 9.94. The van der Waals surface area contributed by atoms with Crippen molar-refractivity contribution in [3.8, 4) is 5.75 Å². The molecule has 0 aromatic heterocycles. The summed E-state index contributed by atoms with van der Waals surface area (Å²) in [4.78, 5) is 17.3. The van der Waals surface area contributed by atoms with E-state index in [1.807, 2.05) is 55.5 Å². The molecule has 2 aromatic rings. The largest absolute Gasteiger partial charge is 0.492 e. The first kappa shape index (κ1) is 18.7. The molecule has 0 unspecified atom stereocenters. The summed E-state index contributed by atoms with van der Waals surface area (Å²) in [5, 5.41) is 3.40. The van der Waals surface area contributed by atoms with Gasteiger partial charge in [0.25, 0.3) is 5.91 Å². The number of amides is 1. The number of nitrogens with one attached hydrogen (secondary N) is 1. The third kappa shape index (κ3) is 4.77. The van der Waals surface area contributed by atoms with E-state index in [4.69, 9.17) is 4.74 Å². The number of benzene rings is 2. The second-order valence-corrected chi connectivity index (χ2v) is 7.74. The lowest BCUT2D eigenvalue weighted by atomic mass is 10.2. The van der Waals surface area contributed by atoms with E-state index in [0.717, 1.165) is 27.9 Å². The average Bonchev–Trinajstić information content (AvgIpc) is 2.95. The number of halogens is 1. The Labute approximate surface area is 165 Å². The van der Waals surface area contributed by atoms with Crippen molar-refractivity contribution in [1.82, 2.24) is 5.32 Å². The van der Waals surface area contributed by atoms with E-state index >= 15 is 0 Å². The molecule has 1 fully saturated rings. The molecule has 3 rings (SSSR count). The van der Waals surface area contributed by atoms with Gasteiger partial charge < -0.3 is 10.1 Å². The number of ether oxygens (including phenoxy) is 1. The minimum atomic E-state index is -0.136. The number of aliphatic imine (C=N–C) groups is 1. The Balaban J connectivity index is 1.76. The lowest BCUT2D eigenvalue weighted by Crippen LogP contribution is -2.19. The number of hydrogen-bond acceptors (Lipinski definition) is 4. The summed E-state index contributed by atoms with van der Waals surface area (Å²) < 4.78 is 6.53. The van der Waals surface area contributed by atoms with Crippen LogP contribution in [0.5, 0.6) is 5.75 Å². The molecular formula is C20H19BrN2O2S. The van der Waals surface area contributed by atoms with Crippen LogP contribution in [0.15, 0.2) is 56.8 Å². The van der Waals surface area contributed by atoms with Crippen molar-refractivity contribution in [2.45, 2.75) is 20.3 Å². The van der Waals surface area contributed by atoms with Gasteiger partial charge in [-0.05, 0) is 76.9 Å². The normalized spacial score (nSPS) is 17.0. The molecule has 1 aliphatic rings. The maximum Gasteiger partial charge on any atom is 0.264 e. The van der Waals surface area contributed by atoms with Gasteiger partial charge >= 0.3 is 0 Å². The van der Waals surface area contributed by atoms with E-state index in [-0.39, 0.29) is 5.91 Å². The molecule has 0 radical (unpaired) electrons. The summed E-state index contributed by atoms with van der Waals surface area (Å²) in [6.07, 6.45) is 2.81. The molecule has 4 nitrogen and oxygen atoms in total. The minimum absolute atomic E-state index is 0.136. The van der Waals surface area contributed by atoms with Crippen LogP contribution in [0.4, 0.5) is 5.69 Å². The first-order chi connectivity index (χ1) is 12.5. The predicted molar refractivity (Wildman–Crippen MR) is 112 cm³/mol. The molecule has 2 aromatic carbocycles. The zero-order valence-corrected chi connectivity index (χ0v) is 17.0. The van der Waals surface area contributed by atoms with Crippen LogP contribution < -0.4 is 10.1 Å². The third-order valence-electron chi connectivity index (χ3n) is 3.63. The number of rotatable bonds is 5. The van der Waals surface area contributed by atoms with Crippen LogP contribution in [-0.2, 0) is 4.79 Å². The Kier molecular flexibility index (Phi) is 6.16. The zero-order chi connectivity index (χ0) is 18.5. The minimum Gasteiger partial charge on any atom is -0.492 e. The summed E-state index contributed by atoms with van der Waals surface area (Å²) in [5.74, 6) is 0.669. The Hall–Kier alpha value is -2.05. The fraction of sp³-hybridized carbons (Fsp3) is 0.200. The van der Waals surface area contributed by atoms with Crippen LogP contribution in [-0.4, -0.2) is 17.7 Å². The van der Waals surface area contributed by atoms with Gasteiger partial charge in [0, 0.05) is 0 Å². The van der Waals surface area contributed by atoms with E-state index in [9.17, 15) is 4.79 Å². The van der Waals surface area contributed by atoms with Crippen molar-refractivity contribution in [3.63, 3.8) is 0 Å². The van der Waals surface area contributed by atoms with Crippen molar-refractivity contribution in [1.29, 1.82) is 0 Å². The van der Waals surface area contributed by atoms with Crippen LogP contribution in [0.1, 0.15) is 24.5 Å². The smallest absolute Gasteiger partial charge is 0.264 e. The summed E-state index contributed by atoms with van der Waals surface area (Å²) in [5.41, 5.74) is 2.92. The standard InChI is InChI=1S/C20H19BrN2O2S/c1-3-10-25-17-9-6-14(11-16(17)21)12-18-19(24)23-20(26-18)22-15-7-4-13(2)5-8-15/h4-9,11-12H,3,10H2,1-2H3,(H,22,23,24)/b18-12-. The van der Waals surface area contributed by atoms with Crippen molar-refractivity contribution in [2.75, 3.05) is 6.61 Å². The van der Waals surface area contributed by atoms with Gasteiger partial charge in [0.15, 0.2) is 5.17 Å². The third-order valence-corrected chi connectivity index (χ3v) is 5.16. The number of nitrogens with zero attached hydrogens (tertiary/aromatic N) is 1. The van der Waals surface area contributed by atoms with Crippen molar-refractivity contribution < 1.29 is 9.53 Å². The van der Waals surface area contributed by atoms with Gasteiger partial charge in [-0.15, -0.1) is 0 Å². The molecule has 134 valence electrons. The van der Waals surface area contributed by atoms with E-state index in [1.165, 1.54) is 17.3 Å². The Morgan fingerprint density at radius 1 is 1.23 bits per heavy atom. The summed E-state index contributed by atoms with van der Waals surface area (Å²) in [7, 11) is 0. The number of amidine groups is 1. The van der Waals surface area contributed by atoms with E-state index in [0.29, 0.717) is 16.7 Å². The molecule has 1 amide bonds. The molecule has 1 aliphatic heterocycles. The molecule has 0 spiro atoms. The molecular weight excluding hydrogens is 412 g/mol. The van der Waals surface area contributed by atoms with Crippen molar-refractivity contribution >= 4 is 50.5 Å². The number of aryl methyl sites for hydroxylation is 1. The topological polar surface area (TPSA) is 50.7 Å². The average molecular weight is 431 g/mol. The number of hydrogen-bond donors (Lipinski definition) is 1. The van der Waals surface area contributed by atoms with Gasteiger partial charge in [0.2, 0.25) is 0 Å². The molecule has 0 bridgehead atoms.